The van der Waals surface area contributed by atoms with Crippen LogP contribution in [0.25, 0.3) is 22.2 Å². The van der Waals surface area contributed by atoms with E-state index in [-0.39, 0.29) is 11.6 Å². The molecule has 0 unspecified atom stereocenters. The van der Waals surface area contributed by atoms with Crippen LogP contribution in [0.1, 0.15) is 0 Å². The number of nitro groups is 1. The van der Waals surface area contributed by atoms with E-state index in [0.29, 0.717) is 34.4 Å². The van der Waals surface area contributed by atoms with Gasteiger partial charge in [0.1, 0.15) is 11.4 Å². The molecule has 2 aromatic heterocycles. The molecule has 0 bridgehead atoms. The van der Waals surface area contributed by atoms with Crippen molar-refractivity contribution in [2.45, 2.75) is 0 Å². The minimum Gasteiger partial charge on any atom is -0.494 e. The summed E-state index contributed by atoms with van der Waals surface area (Å²) in [5, 5.41) is 16.3. The molecule has 0 radical (unpaired) electrons. The molecule has 2 N–H and O–H groups in total. The lowest BCUT2D eigenvalue weighted by Gasteiger charge is -2.22. The third kappa shape index (κ3) is 5.13. The molecule has 2 heterocycles. The summed E-state index contributed by atoms with van der Waals surface area (Å²) in [6.45, 7) is 1.35. The maximum absolute atomic E-state index is 11.9. The van der Waals surface area contributed by atoms with Gasteiger partial charge >= 0.3 is 0 Å². The third-order valence-electron chi connectivity index (χ3n) is 5.62. The molecule has 0 fully saturated rings. The second-order valence-electron chi connectivity index (χ2n) is 8.29. The number of ether oxygens (including phenoxy) is 1. The van der Waals surface area contributed by atoms with Gasteiger partial charge in [-0.25, -0.2) is 9.97 Å². The van der Waals surface area contributed by atoms with Crippen LogP contribution in [-0.4, -0.2) is 66.1 Å². The molecule has 4 aromatic rings. The number of nitrogens with one attached hydrogen (secondary N) is 2. The minimum absolute atomic E-state index is 0.0552. The van der Waals surface area contributed by atoms with Crippen molar-refractivity contribution in [3.05, 3.63) is 63.9 Å². The lowest BCUT2D eigenvalue weighted by molar-refractivity contribution is -0.384. The van der Waals surface area contributed by atoms with Crippen LogP contribution in [0.15, 0.2) is 48.8 Å². The van der Waals surface area contributed by atoms with Gasteiger partial charge in [0.25, 0.3) is 5.69 Å². The van der Waals surface area contributed by atoms with Gasteiger partial charge in [-0.15, -0.1) is 0 Å². The Labute approximate surface area is 207 Å². The molecule has 0 aliphatic heterocycles. The first-order valence-electron chi connectivity index (χ1n) is 10.9. The molecule has 2 aromatic carbocycles. The molecule has 0 saturated heterocycles. The number of likely N-dealkylation sites (N-methyl/N-ethyl adjacent to an activating group) is 2. The van der Waals surface area contributed by atoms with Crippen molar-refractivity contribution in [1.29, 1.82) is 0 Å². The number of benzene rings is 2. The Bertz CT molecular complexity index is 1370. The molecule has 0 atom stereocenters. The molecule has 10 nitrogen and oxygen atoms in total. The number of hydrogen-bond acceptors (Lipinski definition) is 8. The summed E-state index contributed by atoms with van der Waals surface area (Å²) in [5.41, 5.74) is 3.09. The van der Waals surface area contributed by atoms with Gasteiger partial charge in [-0.2, -0.15) is 0 Å². The highest BCUT2D eigenvalue weighted by Gasteiger charge is 2.23. The van der Waals surface area contributed by atoms with Crippen LogP contribution >= 0.6 is 11.6 Å². The Balaban J connectivity index is 1.71. The van der Waals surface area contributed by atoms with Gasteiger partial charge in [0.05, 0.1) is 34.6 Å². The van der Waals surface area contributed by atoms with E-state index in [2.05, 4.69) is 20.3 Å². The van der Waals surface area contributed by atoms with Crippen LogP contribution in [0.4, 0.5) is 23.0 Å². The second kappa shape index (κ2) is 10.2. The van der Waals surface area contributed by atoms with Crippen LogP contribution in [0.2, 0.25) is 5.02 Å². The smallest absolute Gasteiger partial charge is 0.294 e. The van der Waals surface area contributed by atoms with E-state index < -0.39 is 4.92 Å². The number of nitro benzene ring substituents is 1. The summed E-state index contributed by atoms with van der Waals surface area (Å²) in [7, 11) is 7.23. The highest BCUT2D eigenvalue weighted by atomic mass is 35.5. The fourth-order valence-electron chi connectivity index (χ4n) is 3.75. The predicted octanol–water partition coefficient (Wildman–Crippen LogP) is 4.94. The van der Waals surface area contributed by atoms with Crippen molar-refractivity contribution in [3.8, 4) is 17.0 Å². The molecule has 0 saturated carbocycles. The predicted molar refractivity (Wildman–Crippen MR) is 139 cm³/mol. The van der Waals surface area contributed by atoms with E-state index in [1.165, 1.54) is 19.4 Å². The quantitative estimate of drug-likeness (QED) is 0.248. The van der Waals surface area contributed by atoms with Crippen molar-refractivity contribution in [2.75, 3.05) is 51.6 Å². The Morgan fingerprint density at radius 2 is 1.97 bits per heavy atom. The summed E-state index contributed by atoms with van der Waals surface area (Å²) in [5.74, 6) is 0.658. The monoisotopic (exact) mass is 495 g/mol. The molecule has 182 valence electrons. The fourth-order valence-corrected chi connectivity index (χ4v) is 3.94. The van der Waals surface area contributed by atoms with Crippen LogP contribution in [0.5, 0.6) is 5.75 Å². The van der Waals surface area contributed by atoms with E-state index in [9.17, 15) is 10.1 Å². The largest absolute Gasteiger partial charge is 0.494 e. The Morgan fingerprint density at radius 3 is 2.69 bits per heavy atom. The number of fused-ring (bicyclic) bond motifs is 1. The van der Waals surface area contributed by atoms with Crippen LogP contribution in [0.3, 0.4) is 0 Å². The molecular formula is C24H26ClN7O3. The van der Waals surface area contributed by atoms with Gasteiger partial charge in [0.15, 0.2) is 0 Å². The van der Waals surface area contributed by atoms with E-state index in [4.69, 9.17) is 16.3 Å². The first-order chi connectivity index (χ1) is 16.8. The van der Waals surface area contributed by atoms with Crippen LogP contribution < -0.4 is 15.0 Å². The molecule has 0 aliphatic rings. The maximum Gasteiger partial charge on any atom is 0.294 e. The SMILES string of the molecule is COc1cc(N(C)CCN(C)C)c([N+](=O)[O-])cc1Nc1ncc(Cl)c(-c2c[nH]c3ccccc23)n1. The highest BCUT2D eigenvalue weighted by Crippen LogP contribution is 2.39. The summed E-state index contributed by atoms with van der Waals surface area (Å²) in [6, 6.07) is 10.9. The maximum atomic E-state index is 11.9. The zero-order valence-corrected chi connectivity index (χ0v) is 20.6. The van der Waals surface area contributed by atoms with Crippen molar-refractivity contribution < 1.29 is 9.66 Å². The summed E-state index contributed by atoms with van der Waals surface area (Å²) in [6.07, 6.45) is 3.34. The van der Waals surface area contributed by atoms with Crippen molar-refractivity contribution in [1.82, 2.24) is 19.9 Å². The van der Waals surface area contributed by atoms with Crippen molar-refractivity contribution in [2.24, 2.45) is 0 Å². The van der Waals surface area contributed by atoms with E-state index in [0.717, 1.165) is 23.0 Å². The van der Waals surface area contributed by atoms with Gasteiger partial charge in [-0.05, 0) is 20.2 Å². The number of halogens is 1. The standard InChI is InChI=1S/C24H26ClN7O3/c1-30(2)9-10-31(3)20-12-22(35-4)19(11-21(20)32(33)34)28-24-27-14-17(25)23(29-24)16-13-26-18-8-6-5-7-15(16)18/h5-8,11-14,26H,9-10H2,1-4H3,(H,27,28,29). The average molecular weight is 496 g/mol. The van der Waals surface area contributed by atoms with E-state index in [1.54, 1.807) is 6.07 Å². The van der Waals surface area contributed by atoms with Gasteiger partial charge in [0, 0.05) is 54.9 Å². The van der Waals surface area contributed by atoms with Crippen molar-refractivity contribution in [3.63, 3.8) is 0 Å². The number of anilines is 3. The lowest BCUT2D eigenvalue weighted by atomic mass is 10.1. The first kappa shape index (κ1) is 24.2. The molecule has 11 heteroatoms. The molecule has 0 amide bonds. The first-order valence-corrected chi connectivity index (χ1v) is 11.2. The number of aromatic amines is 1. The van der Waals surface area contributed by atoms with Crippen LogP contribution in [0, 0.1) is 10.1 Å². The number of nitrogens with zero attached hydrogens (tertiary/aromatic N) is 5. The molecule has 35 heavy (non-hydrogen) atoms. The number of methoxy groups -OCH3 is 1. The van der Waals surface area contributed by atoms with Crippen LogP contribution in [-0.2, 0) is 0 Å². The minimum atomic E-state index is -0.411. The van der Waals surface area contributed by atoms with Gasteiger partial charge in [0.2, 0.25) is 5.95 Å². The Kier molecular flexibility index (Phi) is 7.04. The second-order valence-corrected chi connectivity index (χ2v) is 8.69. The van der Waals surface area contributed by atoms with Gasteiger partial charge in [-0.1, -0.05) is 29.8 Å². The summed E-state index contributed by atoms with van der Waals surface area (Å²) < 4.78 is 5.54. The number of para-hydroxylation sites is 1. The number of aromatic nitrogens is 3. The van der Waals surface area contributed by atoms with E-state index in [1.807, 2.05) is 61.4 Å². The molecule has 0 spiro atoms. The fraction of sp³-hybridized carbons (Fsp3) is 0.250. The zero-order valence-electron chi connectivity index (χ0n) is 19.9. The normalized spacial score (nSPS) is 11.1. The Hall–Kier alpha value is -3.89. The average Bonchev–Trinajstić information content (AvgIpc) is 3.27. The van der Waals surface area contributed by atoms with Gasteiger partial charge < -0.3 is 24.8 Å². The molecule has 4 rings (SSSR count). The lowest BCUT2D eigenvalue weighted by Crippen LogP contribution is -2.28. The zero-order chi connectivity index (χ0) is 25.1. The molecule has 0 aliphatic carbocycles. The van der Waals surface area contributed by atoms with Crippen molar-refractivity contribution >= 4 is 45.5 Å². The Morgan fingerprint density at radius 1 is 1.20 bits per heavy atom. The highest BCUT2D eigenvalue weighted by molar-refractivity contribution is 6.33. The number of rotatable bonds is 9. The molecular weight excluding hydrogens is 470 g/mol. The third-order valence-corrected chi connectivity index (χ3v) is 5.90. The van der Waals surface area contributed by atoms with Gasteiger partial charge in [-0.3, -0.25) is 10.1 Å². The topological polar surface area (TPSA) is 112 Å². The van der Waals surface area contributed by atoms with E-state index >= 15 is 0 Å². The number of hydrogen-bond donors (Lipinski definition) is 2. The summed E-state index contributed by atoms with van der Waals surface area (Å²) >= 11 is 6.43. The number of H-pyrrole nitrogens is 1. The summed E-state index contributed by atoms with van der Waals surface area (Å²) in [4.78, 5) is 27.4.